The van der Waals surface area contributed by atoms with Crippen molar-refractivity contribution in [2.75, 3.05) is 13.6 Å². The molecule has 0 saturated carbocycles. The van der Waals surface area contributed by atoms with E-state index in [2.05, 4.69) is 17.6 Å². The summed E-state index contributed by atoms with van der Waals surface area (Å²) in [5, 5.41) is 15.3. The van der Waals surface area contributed by atoms with E-state index in [0.29, 0.717) is 17.7 Å². The Morgan fingerprint density at radius 3 is 2.39 bits per heavy atom. The molecule has 1 rings (SSSR count). The van der Waals surface area contributed by atoms with Crippen molar-refractivity contribution in [3.63, 3.8) is 0 Å². The molecule has 0 aliphatic carbocycles. The molecule has 2 atom stereocenters. The number of hydrogen-bond donors (Lipinski definition) is 3. The maximum atomic E-state index is 13.0. The van der Waals surface area contributed by atoms with Crippen molar-refractivity contribution in [3.8, 4) is 5.75 Å². The van der Waals surface area contributed by atoms with Gasteiger partial charge >= 0.3 is 6.09 Å². The molecular formula is C23H37N3O5. The molecule has 0 aliphatic heterocycles. The second-order valence-corrected chi connectivity index (χ2v) is 8.76. The summed E-state index contributed by atoms with van der Waals surface area (Å²) in [6.45, 7) is 11.1. The predicted octanol–water partition coefficient (Wildman–Crippen LogP) is 3.42. The van der Waals surface area contributed by atoms with Gasteiger partial charge in [-0.05, 0) is 64.3 Å². The van der Waals surface area contributed by atoms with Gasteiger partial charge in [-0.3, -0.25) is 9.59 Å². The third-order valence-corrected chi connectivity index (χ3v) is 4.70. The van der Waals surface area contributed by atoms with E-state index >= 15 is 0 Å². The summed E-state index contributed by atoms with van der Waals surface area (Å²) in [6.07, 6.45) is 2.16. The number of carbonyl (C=O) groups excluding carboxylic acids is 3. The van der Waals surface area contributed by atoms with E-state index < -0.39 is 29.7 Å². The minimum absolute atomic E-state index is 0.111. The Kier molecular flexibility index (Phi) is 9.81. The lowest BCUT2D eigenvalue weighted by molar-refractivity contribution is -0.140. The topological polar surface area (TPSA) is 108 Å². The van der Waals surface area contributed by atoms with Crippen molar-refractivity contribution in [1.82, 2.24) is 15.5 Å². The molecule has 3 amide bonds. The fourth-order valence-corrected chi connectivity index (χ4v) is 3.06. The van der Waals surface area contributed by atoms with Crippen LogP contribution in [0, 0.1) is 6.92 Å². The maximum Gasteiger partial charge on any atom is 0.408 e. The number of aryl methyl sites for hydroxylation is 1. The molecule has 1 aromatic carbocycles. The van der Waals surface area contributed by atoms with Crippen LogP contribution in [-0.4, -0.2) is 53.1 Å². The van der Waals surface area contributed by atoms with Gasteiger partial charge in [0.25, 0.3) is 0 Å². The van der Waals surface area contributed by atoms with Gasteiger partial charge < -0.3 is 25.4 Å². The summed E-state index contributed by atoms with van der Waals surface area (Å²) in [4.78, 5) is 39.4. The number of aromatic hydroxyl groups is 1. The lowest BCUT2D eigenvalue weighted by atomic mass is 10.0. The number of nitrogens with one attached hydrogen (secondary N) is 2. The van der Waals surface area contributed by atoms with Gasteiger partial charge in [-0.2, -0.15) is 0 Å². The number of benzene rings is 1. The maximum absolute atomic E-state index is 13.0. The monoisotopic (exact) mass is 435 g/mol. The van der Waals surface area contributed by atoms with Gasteiger partial charge in [-0.1, -0.05) is 25.8 Å². The van der Waals surface area contributed by atoms with E-state index in [4.69, 9.17) is 4.74 Å². The van der Waals surface area contributed by atoms with Crippen molar-refractivity contribution in [3.05, 3.63) is 29.3 Å². The van der Waals surface area contributed by atoms with Gasteiger partial charge in [0.1, 0.15) is 23.4 Å². The zero-order chi connectivity index (χ0) is 23.8. The number of hydrogen-bond acceptors (Lipinski definition) is 5. The van der Waals surface area contributed by atoms with Crippen LogP contribution in [0.1, 0.15) is 71.0 Å². The number of alkyl carbamates (subject to hydrolysis) is 1. The van der Waals surface area contributed by atoms with Gasteiger partial charge in [0.15, 0.2) is 0 Å². The van der Waals surface area contributed by atoms with E-state index in [1.807, 2.05) is 0 Å². The first-order valence-corrected chi connectivity index (χ1v) is 10.7. The molecule has 0 radical (unpaired) electrons. The summed E-state index contributed by atoms with van der Waals surface area (Å²) < 4.78 is 5.21. The quantitative estimate of drug-likeness (QED) is 0.515. The van der Waals surface area contributed by atoms with Gasteiger partial charge in [0, 0.05) is 13.6 Å². The highest BCUT2D eigenvalue weighted by Crippen LogP contribution is 2.26. The highest BCUT2D eigenvalue weighted by molar-refractivity contribution is 5.91. The van der Waals surface area contributed by atoms with E-state index in [9.17, 15) is 19.5 Å². The zero-order valence-electron chi connectivity index (χ0n) is 19.7. The van der Waals surface area contributed by atoms with Crippen LogP contribution in [0.3, 0.4) is 0 Å². The highest BCUT2D eigenvalue weighted by atomic mass is 16.6. The molecule has 8 heteroatoms. The molecule has 1 aromatic rings. The predicted molar refractivity (Wildman–Crippen MR) is 120 cm³/mol. The van der Waals surface area contributed by atoms with Crippen LogP contribution >= 0.6 is 0 Å². The molecular weight excluding hydrogens is 398 g/mol. The Bertz CT molecular complexity index is 773. The zero-order valence-corrected chi connectivity index (χ0v) is 19.7. The van der Waals surface area contributed by atoms with E-state index in [1.54, 1.807) is 46.8 Å². The number of amides is 3. The number of phenolic OH excluding ortho intramolecular Hbond substituents is 1. The highest BCUT2D eigenvalue weighted by Gasteiger charge is 2.32. The largest absolute Gasteiger partial charge is 0.508 e. The molecule has 174 valence electrons. The van der Waals surface area contributed by atoms with Crippen LogP contribution in [0.15, 0.2) is 18.2 Å². The Hall–Kier alpha value is -2.77. The first-order valence-electron chi connectivity index (χ1n) is 10.7. The first kappa shape index (κ1) is 26.3. The smallest absolute Gasteiger partial charge is 0.408 e. The molecule has 0 aliphatic rings. The minimum Gasteiger partial charge on any atom is -0.508 e. The molecule has 0 bridgehead atoms. The van der Waals surface area contributed by atoms with Crippen LogP contribution in [0.5, 0.6) is 5.75 Å². The number of likely N-dealkylation sites (N-methyl/N-ethyl adjacent to an activating group) is 1. The molecule has 0 spiro atoms. The van der Waals surface area contributed by atoms with Gasteiger partial charge in [0.05, 0.1) is 0 Å². The van der Waals surface area contributed by atoms with Crippen LogP contribution in [0.2, 0.25) is 0 Å². The number of unbranched alkanes of at least 4 members (excludes halogenated alkanes) is 2. The second-order valence-electron chi connectivity index (χ2n) is 8.76. The van der Waals surface area contributed by atoms with Gasteiger partial charge in [-0.25, -0.2) is 4.79 Å². The summed E-state index contributed by atoms with van der Waals surface area (Å²) in [5.41, 5.74) is 0.481. The summed E-state index contributed by atoms with van der Waals surface area (Å²) in [5.74, 6) is -0.647. The summed E-state index contributed by atoms with van der Waals surface area (Å²) in [7, 11) is 1.52. The van der Waals surface area contributed by atoms with Gasteiger partial charge in [0.2, 0.25) is 11.8 Å². The van der Waals surface area contributed by atoms with Crippen molar-refractivity contribution < 1.29 is 24.2 Å². The molecule has 3 N–H and O–H groups in total. The Morgan fingerprint density at radius 2 is 1.84 bits per heavy atom. The Labute approximate surface area is 185 Å². The lowest BCUT2D eigenvalue weighted by Crippen LogP contribution is -2.50. The van der Waals surface area contributed by atoms with E-state index in [0.717, 1.165) is 19.3 Å². The van der Waals surface area contributed by atoms with Crippen molar-refractivity contribution in [1.29, 1.82) is 0 Å². The van der Waals surface area contributed by atoms with Crippen LogP contribution in [-0.2, 0) is 14.3 Å². The minimum atomic E-state index is -0.906. The van der Waals surface area contributed by atoms with Crippen LogP contribution < -0.4 is 10.6 Å². The first-order chi connectivity index (χ1) is 14.4. The number of carbonyl (C=O) groups is 3. The third kappa shape index (κ3) is 8.47. The molecule has 31 heavy (non-hydrogen) atoms. The van der Waals surface area contributed by atoms with Crippen LogP contribution in [0.25, 0.3) is 0 Å². The number of nitrogens with zero attached hydrogens (tertiary/aromatic N) is 1. The Balaban J connectivity index is 3.04. The average molecular weight is 436 g/mol. The molecule has 2 unspecified atom stereocenters. The van der Waals surface area contributed by atoms with E-state index in [-0.39, 0.29) is 11.7 Å². The SMILES string of the molecule is CCCCCNC(=O)C(c1ccc(O)c(C)c1)N(C)C(=O)C(C)NC(=O)OC(C)(C)C. The Morgan fingerprint density at radius 1 is 1.19 bits per heavy atom. The number of ether oxygens (including phenoxy) is 1. The average Bonchev–Trinajstić information content (AvgIpc) is 2.65. The van der Waals surface area contributed by atoms with Crippen molar-refractivity contribution in [2.24, 2.45) is 0 Å². The van der Waals surface area contributed by atoms with E-state index in [1.165, 1.54) is 18.0 Å². The lowest BCUT2D eigenvalue weighted by Gasteiger charge is -2.30. The fourth-order valence-electron chi connectivity index (χ4n) is 3.06. The summed E-state index contributed by atoms with van der Waals surface area (Å²) >= 11 is 0. The second kappa shape index (κ2) is 11.6. The molecule has 0 heterocycles. The van der Waals surface area contributed by atoms with Crippen LogP contribution in [0.4, 0.5) is 4.79 Å². The van der Waals surface area contributed by atoms with Gasteiger partial charge in [-0.15, -0.1) is 0 Å². The normalized spacial score (nSPS) is 13.1. The number of phenols is 1. The molecule has 8 nitrogen and oxygen atoms in total. The number of rotatable bonds is 9. The molecule has 0 saturated heterocycles. The fraction of sp³-hybridized carbons (Fsp3) is 0.609. The van der Waals surface area contributed by atoms with Crippen molar-refractivity contribution in [2.45, 2.75) is 78.5 Å². The summed E-state index contributed by atoms with van der Waals surface area (Å²) in [6, 6.07) is 3.00. The standard InChI is InChI=1S/C23H37N3O5/c1-8-9-10-13-24-20(28)19(17-11-12-18(27)15(2)14-17)26(7)21(29)16(3)25-22(30)31-23(4,5)6/h11-12,14,16,19,27H,8-10,13H2,1-7H3,(H,24,28)(H,25,30). The molecule has 0 aromatic heterocycles. The van der Waals surface area contributed by atoms with Crippen molar-refractivity contribution >= 4 is 17.9 Å². The molecule has 0 fully saturated rings. The third-order valence-electron chi connectivity index (χ3n) is 4.70.